The van der Waals surface area contributed by atoms with Crippen LogP contribution in [-0.2, 0) is 4.74 Å². The van der Waals surface area contributed by atoms with Crippen molar-refractivity contribution in [2.24, 2.45) is 11.8 Å². The molecule has 0 saturated heterocycles. The van der Waals surface area contributed by atoms with Gasteiger partial charge in [0, 0.05) is 19.2 Å². The molecule has 19 heavy (non-hydrogen) atoms. The van der Waals surface area contributed by atoms with Crippen LogP contribution in [0.2, 0.25) is 0 Å². The number of unbranched alkanes of at least 4 members (excludes halogenated alkanes) is 1. The highest BCUT2D eigenvalue weighted by molar-refractivity contribution is 4.74. The molecule has 0 spiro atoms. The van der Waals surface area contributed by atoms with E-state index in [0.717, 1.165) is 37.6 Å². The molecule has 114 valence electrons. The van der Waals surface area contributed by atoms with Gasteiger partial charge in [-0.2, -0.15) is 0 Å². The second-order valence-corrected chi connectivity index (χ2v) is 6.40. The maximum atomic E-state index is 5.83. The minimum atomic E-state index is 0.752. The molecule has 0 heterocycles. The minimum absolute atomic E-state index is 0.752. The molecule has 1 saturated carbocycles. The van der Waals surface area contributed by atoms with E-state index >= 15 is 0 Å². The predicted molar refractivity (Wildman–Crippen MR) is 83.5 cm³/mol. The Labute approximate surface area is 120 Å². The summed E-state index contributed by atoms with van der Waals surface area (Å²) in [7, 11) is 0. The smallest absolute Gasteiger partial charge is 0.0591 e. The van der Waals surface area contributed by atoms with E-state index in [1.54, 1.807) is 0 Å². The van der Waals surface area contributed by atoms with Crippen LogP contribution in [0.3, 0.4) is 0 Å². The fraction of sp³-hybridized carbons (Fsp3) is 1.00. The predicted octanol–water partition coefficient (Wildman–Crippen LogP) is 4.39. The average molecular weight is 269 g/mol. The fourth-order valence-electron chi connectivity index (χ4n) is 2.95. The zero-order chi connectivity index (χ0) is 13.9. The SMILES string of the molecule is CCCCC(CC)COCCNC1CCC(C)CC1. The Bertz CT molecular complexity index is 193. The first-order valence-corrected chi connectivity index (χ1v) is 8.57. The average Bonchev–Trinajstić information content (AvgIpc) is 2.44. The lowest BCUT2D eigenvalue weighted by Gasteiger charge is -2.27. The largest absolute Gasteiger partial charge is 0.380 e. The molecule has 1 N–H and O–H groups in total. The molecule has 1 rings (SSSR count). The Balaban J connectivity index is 1.95. The first-order valence-electron chi connectivity index (χ1n) is 8.57. The second-order valence-electron chi connectivity index (χ2n) is 6.40. The maximum Gasteiger partial charge on any atom is 0.0591 e. The Hall–Kier alpha value is -0.0800. The first kappa shape index (κ1) is 17.0. The molecule has 2 heteroatoms. The first-order chi connectivity index (χ1) is 9.26. The lowest BCUT2D eigenvalue weighted by atomic mass is 9.87. The van der Waals surface area contributed by atoms with Gasteiger partial charge in [0.2, 0.25) is 0 Å². The lowest BCUT2D eigenvalue weighted by molar-refractivity contribution is 0.0928. The van der Waals surface area contributed by atoms with Crippen LogP contribution in [0.1, 0.15) is 72.1 Å². The summed E-state index contributed by atoms with van der Waals surface area (Å²) in [6.07, 6.45) is 10.7. The van der Waals surface area contributed by atoms with E-state index in [0.29, 0.717) is 0 Å². The normalized spacial score (nSPS) is 25.4. The van der Waals surface area contributed by atoms with Crippen molar-refractivity contribution in [2.45, 2.75) is 78.2 Å². The number of nitrogens with one attached hydrogen (secondary N) is 1. The van der Waals surface area contributed by atoms with E-state index < -0.39 is 0 Å². The molecule has 0 aliphatic heterocycles. The van der Waals surface area contributed by atoms with Gasteiger partial charge in [-0.3, -0.25) is 0 Å². The lowest BCUT2D eigenvalue weighted by Crippen LogP contribution is -2.35. The van der Waals surface area contributed by atoms with Crippen LogP contribution in [0.4, 0.5) is 0 Å². The zero-order valence-electron chi connectivity index (χ0n) is 13.4. The van der Waals surface area contributed by atoms with Crippen molar-refractivity contribution < 1.29 is 4.74 Å². The summed E-state index contributed by atoms with van der Waals surface area (Å²) in [5.74, 6) is 1.72. The number of hydrogen-bond acceptors (Lipinski definition) is 2. The van der Waals surface area contributed by atoms with E-state index in [2.05, 4.69) is 26.1 Å². The number of hydrogen-bond donors (Lipinski definition) is 1. The van der Waals surface area contributed by atoms with Crippen molar-refractivity contribution in [3.8, 4) is 0 Å². The molecule has 1 aliphatic rings. The van der Waals surface area contributed by atoms with E-state index in [-0.39, 0.29) is 0 Å². The third-order valence-electron chi connectivity index (χ3n) is 4.59. The molecule has 0 amide bonds. The molecule has 0 radical (unpaired) electrons. The maximum absolute atomic E-state index is 5.83. The summed E-state index contributed by atoms with van der Waals surface area (Å²) >= 11 is 0. The van der Waals surface area contributed by atoms with Crippen molar-refractivity contribution in [1.82, 2.24) is 5.32 Å². The Morgan fingerprint density at radius 2 is 1.89 bits per heavy atom. The number of rotatable bonds is 10. The molecule has 1 atom stereocenters. The van der Waals surface area contributed by atoms with Crippen LogP contribution in [0, 0.1) is 11.8 Å². The monoisotopic (exact) mass is 269 g/mol. The minimum Gasteiger partial charge on any atom is -0.380 e. The van der Waals surface area contributed by atoms with Gasteiger partial charge < -0.3 is 10.1 Å². The van der Waals surface area contributed by atoms with Crippen LogP contribution >= 0.6 is 0 Å². The van der Waals surface area contributed by atoms with Gasteiger partial charge in [-0.1, -0.05) is 40.0 Å². The summed E-state index contributed by atoms with van der Waals surface area (Å²) in [5, 5.41) is 3.65. The summed E-state index contributed by atoms with van der Waals surface area (Å²) in [6.45, 7) is 9.80. The third-order valence-corrected chi connectivity index (χ3v) is 4.59. The van der Waals surface area contributed by atoms with E-state index in [1.807, 2.05) is 0 Å². The van der Waals surface area contributed by atoms with Crippen molar-refractivity contribution in [2.75, 3.05) is 19.8 Å². The van der Waals surface area contributed by atoms with E-state index in [9.17, 15) is 0 Å². The van der Waals surface area contributed by atoms with Crippen LogP contribution in [-0.4, -0.2) is 25.8 Å². The molecular weight excluding hydrogens is 234 g/mol. The molecule has 0 bridgehead atoms. The summed E-state index contributed by atoms with van der Waals surface area (Å²) in [4.78, 5) is 0. The van der Waals surface area contributed by atoms with Gasteiger partial charge in [0.15, 0.2) is 0 Å². The highest BCUT2D eigenvalue weighted by Crippen LogP contribution is 2.23. The van der Waals surface area contributed by atoms with E-state index in [4.69, 9.17) is 4.74 Å². The Morgan fingerprint density at radius 3 is 2.53 bits per heavy atom. The van der Waals surface area contributed by atoms with Crippen molar-refractivity contribution >= 4 is 0 Å². The van der Waals surface area contributed by atoms with Gasteiger partial charge in [0.1, 0.15) is 0 Å². The molecular formula is C17H35NO. The molecule has 1 fully saturated rings. The van der Waals surface area contributed by atoms with Crippen LogP contribution < -0.4 is 5.32 Å². The van der Waals surface area contributed by atoms with Gasteiger partial charge in [-0.05, 0) is 43.9 Å². The van der Waals surface area contributed by atoms with Gasteiger partial charge in [0.05, 0.1) is 6.61 Å². The molecule has 1 unspecified atom stereocenters. The van der Waals surface area contributed by atoms with Gasteiger partial charge in [-0.25, -0.2) is 0 Å². The topological polar surface area (TPSA) is 21.3 Å². The third kappa shape index (κ3) is 7.94. The quantitative estimate of drug-likeness (QED) is 0.594. The van der Waals surface area contributed by atoms with Gasteiger partial charge >= 0.3 is 0 Å². The van der Waals surface area contributed by atoms with Gasteiger partial charge in [-0.15, -0.1) is 0 Å². The molecule has 1 aliphatic carbocycles. The van der Waals surface area contributed by atoms with Crippen LogP contribution in [0.5, 0.6) is 0 Å². The molecule has 0 aromatic rings. The second kappa shape index (κ2) is 10.7. The highest BCUT2D eigenvalue weighted by Gasteiger charge is 2.17. The number of ether oxygens (including phenoxy) is 1. The van der Waals surface area contributed by atoms with Crippen LogP contribution in [0.25, 0.3) is 0 Å². The van der Waals surface area contributed by atoms with Crippen LogP contribution in [0.15, 0.2) is 0 Å². The molecule has 2 nitrogen and oxygen atoms in total. The van der Waals surface area contributed by atoms with Crippen molar-refractivity contribution in [1.29, 1.82) is 0 Å². The Morgan fingerprint density at radius 1 is 1.16 bits per heavy atom. The van der Waals surface area contributed by atoms with Crippen molar-refractivity contribution in [3.63, 3.8) is 0 Å². The summed E-state index contributed by atoms with van der Waals surface area (Å²) in [5.41, 5.74) is 0. The van der Waals surface area contributed by atoms with E-state index in [1.165, 1.54) is 51.4 Å². The highest BCUT2D eigenvalue weighted by atomic mass is 16.5. The summed E-state index contributed by atoms with van der Waals surface area (Å²) < 4.78 is 5.83. The molecule has 0 aromatic carbocycles. The van der Waals surface area contributed by atoms with Gasteiger partial charge in [0.25, 0.3) is 0 Å². The Kier molecular flexibility index (Phi) is 9.54. The summed E-state index contributed by atoms with van der Waals surface area (Å²) in [6, 6.07) is 0.752. The standard InChI is InChI=1S/C17H35NO/c1-4-6-7-16(5-2)14-19-13-12-18-17-10-8-15(3)9-11-17/h15-18H,4-14H2,1-3H3. The molecule has 0 aromatic heterocycles. The van der Waals surface area contributed by atoms with Crippen molar-refractivity contribution in [3.05, 3.63) is 0 Å². The fourth-order valence-corrected chi connectivity index (χ4v) is 2.95. The zero-order valence-corrected chi connectivity index (χ0v) is 13.4.